The predicted molar refractivity (Wildman–Crippen MR) is 90.7 cm³/mol. The fourth-order valence-electron chi connectivity index (χ4n) is 2.08. The van der Waals surface area contributed by atoms with E-state index >= 15 is 0 Å². The Balaban J connectivity index is 2.58. The smallest absolute Gasteiger partial charge is 0.276 e. The number of nitro benzene ring substituents is 2. The van der Waals surface area contributed by atoms with Crippen LogP contribution in [0, 0.1) is 25.4 Å². The molecule has 0 aliphatic heterocycles. The molecule has 2 rings (SSSR count). The van der Waals surface area contributed by atoms with Gasteiger partial charge < -0.3 is 15.8 Å². The summed E-state index contributed by atoms with van der Waals surface area (Å²) in [6.45, 7) is 0. The maximum Gasteiger partial charge on any atom is 0.276 e. The van der Waals surface area contributed by atoms with Crippen molar-refractivity contribution in [3.63, 3.8) is 0 Å². The van der Waals surface area contributed by atoms with Crippen LogP contribution >= 0.6 is 0 Å². The van der Waals surface area contributed by atoms with Crippen LogP contribution in [0.2, 0.25) is 0 Å². The van der Waals surface area contributed by atoms with Gasteiger partial charge in [0.25, 0.3) is 17.1 Å². The third kappa shape index (κ3) is 3.77. The van der Waals surface area contributed by atoms with E-state index in [2.05, 4.69) is 15.7 Å². The third-order valence-electron chi connectivity index (χ3n) is 3.33. The lowest BCUT2D eigenvalue weighted by atomic mass is 10.2. The summed E-state index contributed by atoms with van der Waals surface area (Å²) in [6, 6.07) is 7.51. The molecule has 0 saturated carbocycles. The molecule has 0 unspecified atom stereocenters. The van der Waals surface area contributed by atoms with Crippen molar-refractivity contribution in [2.45, 2.75) is 0 Å². The predicted octanol–water partition coefficient (Wildman–Crippen LogP) is 3.51. The van der Waals surface area contributed by atoms with Crippen LogP contribution in [0.3, 0.4) is 0 Å². The van der Waals surface area contributed by atoms with Crippen LogP contribution in [0.15, 0.2) is 41.5 Å². The molecule has 2 aromatic carbocycles. The second-order valence-electron chi connectivity index (χ2n) is 4.79. The number of rotatable bonds is 6. The first kappa shape index (κ1) is 17.6. The van der Waals surface area contributed by atoms with Crippen LogP contribution in [-0.2, 0) is 0 Å². The monoisotopic (exact) mass is 346 g/mol. The van der Waals surface area contributed by atoms with E-state index in [4.69, 9.17) is 0 Å². The molecule has 0 atom stereocenters. The summed E-state index contributed by atoms with van der Waals surface area (Å²) >= 11 is 0. The first-order chi connectivity index (χ1) is 11.9. The van der Waals surface area contributed by atoms with Gasteiger partial charge in [-0.25, -0.2) is 0 Å². The minimum absolute atomic E-state index is 0.0280. The summed E-state index contributed by atoms with van der Waals surface area (Å²) in [5.74, 6) is 0. The summed E-state index contributed by atoms with van der Waals surface area (Å²) in [5.41, 5.74) is 0.131. The van der Waals surface area contributed by atoms with Crippen molar-refractivity contribution in [1.82, 2.24) is 0 Å². The number of nitro groups is 2. The zero-order valence-corrected chi connectivity index (χ0v) is 13.3. The van der Waals surface area contributed by atoms with Crippen LogP contribution in [0.5, 0.6) is 0 Å². The molecule has 130 valence electrons. The average Bonchev–Trinajstić information content (AvgIpc) is 2.60. The first-order valence-corrected chi connectivity index (χ1v) is 6.98. The molecule has 2 N–H and O–H groups in total. The summed E-state index contributed by atoms with van der Waals surface area (Å²) in [5, 5.41) is 43.5. The standard InChI is InChI=1S/C14H14N6O5/c1-15-11-5-3-9(19(22)23)7-13(11)17-18(21)14-8-10(20(24)25)4-6-12(14)16-2/h3-8,15-16H,1-2H3. The van der Waals surface area contributed by atoms with Gasteiger partial charge >= 0.3 is 0 Å². The van der Waals surface area contributed by atoms with E-state index in [0.29, 0.717) is 11.4 Å². The number of benzene rings is 2. The summed E-state index contributed by atoms with van der Waals surface area (Å²) in [4.78, 5) is 20.7. The third-order valence-corrected chi connectivity index (χ3v) is 3.33. The fourth-order valence-corrected chi connectivity index (χ4v) is 2.08. The molecular weight excluding hydrogens is 332 g/mol. The molecule has 0 aliphatic carbocycles. The van der Waals surface area contributed by atoms with Gasteiger partial charge in [-0.05, 0) is 17.0 Å². The van der Waals surface area contributed by atoms with Crippen LogP contribution in [0.4, 0.5) is 34.1 Å². The van der Waals surface area contributed by atoms with Gasteiger partial charge in [0.15, 0.2) is 5.69 Å². The highest BCUT2D eigenvalue weighted by Crippen LogP contribution is 2.33. The Morgan fingerprint density at radius 3 is 1.88 bits per heavy atom. The highest BCUT2D eigenvalue weighted by atomic mass is 16.6. The highest BCUT2D eigenvalue weighted by molar-refractivity contribution is 5.69. The fraction of sp³-hybridized carbons (Fsp3) is 0.143. The first-order valence-electron chi connectivity index (χ1n) is 6.98. The quantitative estimate of drug-likeness (QED) is 0.351. The van der Waals surface area contributed by atoms with Gasteiger partial charge in [-0.2, -0.15) is 0 Å². The Hall–Kier alpha value is -3.76. The molecule has 11 nitrogen and oxygen atoms in total. The number of nitrogens with one attached hydrogen (secondary N) is 2. The maximum atomic E-state index is 12.4. The lowest BCUT2D eigenvalue weighted by Gasteiger charge is -2.07. The highest BCUT2D eigenvalue weighted by Gasteiger charge is 2.19. The number of non-ortho nitro benzene ring substituents is 2. The number of anilines is 2. The molecular formula is C14H14N6O5. The Labute approximate surface area is 141 Å². The number of azo groups is 1. The van der Waals surface area contributed by atoms with Gasteiger partial charge in [-0.15, -0.1) is 0 Å². The molecule has 0 saturated heterocycles. The van der Waals surface area contributed by atoms with E-state index in [-0.39, 0.29) is 27.6 Å². The van der Waals surface area contributed by atoms with E-state index in [1.54, 1.807) is 14.1 Å². The minimum atomic E-state index is -0.636. The number of hydrogen-bond donors (Lipinski definition) is 2. The molecule has 11 heteroatoms. The van der Waals surface area contributed by atoms with Gasteiger partial charge in [-0.1, -0.05) is 0 Å². The molecule has 25 heavy (non-hydrogen) atoms. The van der Waals surface area contributed by atoms with Crippen molar-refractivity contribution in [2.24, 2.45) is 5.11 Å². The SMILES string of the molecule is CNc1ccc([N+](=O)[O-])cc1N=[N+]([O-])c1cc([N+](=O)[O-])ccc1NC. The topological polar surface area (TPSA) is 149 Å². The Bertz CT molecular complexity index is 867. The van der Waals surface area contributed by atoms with Crippen molar-refractivity contribution in [1.29, 1.82) is 0 Å². The van der Waals surface area contributed by atoms with Gasteiger partial charge in [0, 0.05) is 37.4 Å². The molecule has 0 aromatic heterocycles. The number of nitrogens with zero attached hydrogens (tertiary/aromatic N) is 4. The van der Waals surface area contributed by atoms with Crippen molar-refractivity contribution >= 4 is 34.1 Å². The van der Waals surface area contributed by atoms with E-state index in [1.165, 1.54) is 24.3 Å². The van der Waals surface area contributed by atoms with E-state index in [9.17, 15) is 25.4 Å². The molecule has 0 radical (unpaired) electrons. The summed E-state index contributed by atoms with van der Waals surface area (Å²) < 4.78 is 0. The second-order valence-corrected chi connectivity index (χ2v) is 4.79. The van der Waals surface area contributed by atoms with Gasteiger partial charge in [0.1, 0.15) is 5.69 Å². The Morgan fingerprint density at radius 1 is 0.840 bits per heavy atom. The van der Waals surface area contributed by atoms with Crippen LogP contribution in [-0.4, -0.2) is 28.8 Å². The molecule has 0 amide bonds. The Morgan fingerprint density at radius 2 is 1.36 bits per heavy atom. The minimum Gasteiger partial charge on any atom is -0.594 e. The molecule has 0 bridgehead atoms. The molecule has 0 spiro atoms. The van der Waals surface area contributed by atoms with Crippen molar-refractivity contribution in [3.05, 3.63) is 61.8 Å². The van der Waals surface area contributed by atoms with Gasteiger partial charge in [0.05, 0.1) is 21.6 Å². The molecule has 0 fully saturated rings. The lowest BCUT2D eigenvalue weighted by Crippen LogP contribution is -2.00. The lowest BCUT2D eigenvalue weighted by molar-refractivity contribution is -0.436. The van der Waals surface area contributed by atoms with E-state index in [1.807, 2.05) is 0 Å². The van der Waals surface area contributed by atoms with Gasteiger partial charge in [0.2, 0.25) is 0 Å². The van der Waals surface area contributed by atoms with Gasteiger partial charge in [-0.3, -0.25) is 20.2 Å². The van der Waals surface area contributed by atoms with Crippen molar-refractivity contribution in [2.75, 3.05) is 24.7 Å². The van der Waals surface area contributed by atoms with Crippen LogP contribution < -0.4 is 10.6 Å². The average molecular weight is 346 g/mol. The summed E-state index contributed by atoms with van der Waals surface area (Å²) in [6.07, 6.45) is 0. The zero-order chi connectivity index (χ0) is 18.6. The maximum absolute atomic E-state index is 12.4. The van der Waals surface area contributed by atoms with E-state index in [0.717, 1.165) is 12.1 Å². The molecule has 0 heterocycles. The summed E-state index contributed by atoms with van der Waals surface area (Å²) in [7, 11) is 3.12. The normalized spacial score (nSPS) is 11.0. The van der Waals surface area contributed by atoms with Crippen molar-refractivity contribution < 1.29 is 14.7 Å². The van der Waals surface area contributed by atoms with Crippen molar-refractivity contribution in [3.8, 4) is 0 Å². The second kappa shape index (κ2) is 7.21. The number of hydrogen-bond acceptors (Lipinski definition) is 8. The molecule has 2 aromatic rings. The van der Waals surface area contributed by atoms with E-state index < -0.39 is 9.85 Å². The molecule has 0 aliphatic rings. The largest absolute Gasteiger partial charge is 0.594 e. The zero-order valence-electron chi connectivity index (χ0n) is 13.3. The Kier molecular flexibility index (Phi) is 5.07. The van der Waals surface area contributed by atoms with Crippen LogP contribution in [0.25, 0.3) is 0 Å². The van der Waals surface area contributed by atoms with Crippen LogP contribution in [0.1, 0.15) is 0 Å².